The molecule has 3 aliphatic rings. The topological polar surface area (TPSA) is 49.4 Å². The summed E-state index contributed by atoms with van der Waals surface area (Å²) in [5.74, 6) is 0.716. The lowest BCUT2D eigenvalue weighted by atomic mass is 9.78. The van der Waals surface area contributed by atoms with Crippen molar-refractivity contribution in [1.29, 1.82) is 0 Å². The Kier molecular flexibility index (Phi) is 3.67. The number of rotatable bonds is 1. The molecule has 2 saturated heterocycles. The highest BCUT2D eigenvalue weighted by atomic mass is 32.2. The van der Waals surface area contributed by atoms with Crippen molar-refractivity contribution in [1.82, 2.24) is 10.2 Å². The number of piperazine rings is 1. The van der Waals surface area contributed by atoms with E-state index in [2.05, 4.69) is 24.1 Å². The molecule has 0 aromatic rings. The van der Waals surface area contributed by atoms with Crippen LogP contribution >= 0.6 is 0 Å². The second-order valence-corrected chi connectivity index (χ2v) is 9.72. The van der Waals surface area contributed by atoms with Crippen LogP contribution in [0.25, 0.3) is 0 Å². The summed E-state index contributed by atoms with van der Waals surface area (Å²) in [5, 5.41) is 3.78. The molecule has 1 saturated carbocycles. The van der Waals surface area contributed by atoms with E-state index in [4.69, 9.17) is 0 Å². The molecule has 1 N–H and O–H groups in total. The average molecular weight is 300 g/mol. The van der Waals surface area contributed by atoms with Crippen LogP contribution in [0.15, 0.2) is 0 Å². The summed E-state index contributed by atoms with van der Waals surface area (Å²) in [6.07, 6.45) is 7.27. The summed E-state index contributed by atoms with van der Waals surface area (Å²) in [5.41, 5.74) is 0.102. The van der Waals surface area contributed by atoms with E-state index >= 15 is 0 Å². The molecule has 116 valence electrons. The van der Waals surface area contributed by atoms with Crippen LogP contribution in [-0.2, 0) is 9.84 Å². The molecule has 1 aliphatic carbocycles. The highest BCUT2D eigenvalue weighted by Crippen LogP contribution is 2.38. The molecule has 0 aromatic carbocycles. The molecular weight excluding hydrogens is 272 g/mol. The van der Waals surface area contributed by atoms with Crippen LogP contribution in [-0.4, -0.2) is 55.0 Å². The molecule has 3 rings (SSSR count). The van der Waals surface area contributed by atoms with Crippen molar-refractivity contribution in [2.45, 2.75) is 69.5 Å². The highest BCUT2D eigenvalue weighted by molar-refractivity contribution is 7.91. The summed E-state index contributed by atoms with van der Waals surface area (Å²) >= 11 is 0. The molecule has 2 aliphatic heterocycles. The van der Waals surface area contributed by atoms with E-state index < -0.39 is 9.84 Å². The molecule has 0 radical (unpaired) electrons. The molecule has 0 bridgehead atoms. The highest BCUT2D eigenvalue weighted by Gasteiger charge is 2.49. The van der Waals surface area contributed by atoms with Gasteiger partial charge in [-0.2, -0.15) is 0 Å². The third-order valence-corrected chi connectivity index (χ3v) is 7.65. The summed E-state index contributed by atoms with van der Waals surface area (Å²) in [6.45, 7) is 6.42. The second-order valence-electron chi connectivity index (χ2n) is 7.54. The largest absolute Gasteiger partial charge is 0.308 e. The van der Waals surface area contributed by atoms with Crippen LogP contribution in [0.2, 0.25) is 0 Å². The minimum absolute atomic E-state index is 0.148. The van der Waals surface area contributed by atoms with E-state index in [1.54, 1.807) is 0 Å². The lowest BCUT2D eigenvalue weighted by Gasteiger charge is -2.54. The van der Waals surface area contributed by atoms with Gasteiger partial charge in [-0.3, -0.25) is 4.90 Å². The van der Waals surface area contributed by atoms with Crippen LogP contribution in [0.3, 0.4) is 0 Å². The van der Waals surface area contributed by atoms with E-state index in [9.17, 15) is 8.42 Å². The van der Waals surface area contributed by atoms with Gasteiger partial charge in [0.1, 0.15) is 0 Å². The summed E-state index contributed by atoms with van der Waals surface area (Å²) < 4.78 is 23.8. The first-order chi connectivity index (χ1) is 9.34. The van der Waals surface area contributed by atoms with E-state index in [1.807, 2.05) is 0 Å². The molecule has 5 heteroatoms. The third-order valence-electron chi connectivity index (χ3n) is 5.76. The normalized spacial score (nSPS) is 41.0. The van der Waals surface area contributed by atoms with Gasteiger partial charge in [0.15, 0.2) is 9.84 Å². The zero-order valence-corrected chi connectivity index (χ0v) is 13.6. The summed E-state index contributed by atoms with van der Waals surface area (Å²) in [4.78, 5) is 2.51. The molecule has 1 spiro atoms. The fourth-order valence-electron chi connectivity index (χ4n) is 4.52. The Balaban J connectivity index is 1.80. The fourth-order valence-corrected chi connectivity index (χ4v) is 6.67. The monoisotopic (exact) mass is 300 g/mol. The SMILES string of the molecule is CC1CNC2(CCCCC2)CN1C1(C)CCS(=O)(=O)C1. The molecule has 4 nitrogen and oxygen atoms in total. The molecule has 3 fully saturated rings. The number of sulfone groups is 1. The maximum Gasteiger partial charge on any atom is 0.152 e. The zero-order valence-electron chi connectivity index (χ0n) is 12.8. The standard InChI is InChI=1S/C15H28N2O2S/c1-13-10-16-15(6-4-3-5-7-15)11-17(13)14(2)8-9-20(18,19)12-14/h13,16H,3-12H2,1-2H3. The first kappa shape index (κ1) is 14.8. The van der Waals surface area contributed by atoms with Crippen molar-refractivity contribution in [2.24, 2.45) is 0 Å². The van der Waals surface area contributed by atoms with Crippen molar-refractivity contribution < 1.29 is 8.42 Å². The average Bonchev–Trinajstić information content (AvgIpc) is 2.69. The van der Waals surface area contributed by atoms with Gasteiger partial charge < -0.3 is 5.32 Å². The van der Waals surface area contributed by atoms with Gasteiger partial charge in [0, 0.05) is 30.2 Å². The second kappa shape index (κ2) is 4.96. The van der Waals surface area contributed by atoms with Gasteiger partial charge in [-0.1, -0.05) is 19.3 Å². The zero-order chi connectivity index (χ0) is 14.4. The number of hydrogen-bond acceptors (Lipinski definition) is 4. The van der Waals surface area contributed by atoms with Gasteiger partial charge in [0.05, 0.1) is 11.5 Å². The van der Waals surface area contributed by atoms with Gasteiger partial charge in [0.2, 0.25) is 0 Å². The molecule has 20 heavy (non-hydrogen) atoms. The minimum Gasteiger partial charge on any atom is -0.308 e. The Bertz CT molecular complexity index is 470. The van der Waals surface area contributed by atoms with E-state index in [0.717, 1.165) is 19.5 Å². The number of nitrogens with zero attached hydrogens (tertiary/aromatic N) is 1. The van der Waals surface area contributed by atoms with Gasteiger partial charge in [-0.05, 0) is 33.1 Å². The third kappa shape index (κ3) is 2.64. The Morgan fingerprint density at radius 1 is 1.15 bits per heavy atom. The van der Waals surface area contributed by atoms with Crippen LogP contribution < -0.4 is 5.32 Å². The first-order valence-electron chi connectivity index (χ1n) is 8.07. The van der Waals surface area contributed by atoms with Crippen LogP contribution in [0, 0.1) is 0 Å². The van der Waals surface area contributed by atoms with Crippen molar-refractivity contribution in [2.75, 3.05) is 24.6 Å². The Morgan fingerprint density at radius 3 is 2.45 bits per heavy atom. The van der Waals surface area contributed by atoms with Crippen molar-refractivity contribution in [3.63, 3.8) is 0 Å². The molecule has 2 unspecified atom stereocenters. The quantitative estimate of drug-likeness (QED) is 0.798. The molecule has 2 heterocycles. The minimum atomic E-state index is -2.83. The maximum atomic E-state index is 11.9. The fraction of sp³-hybridized carbons (Fsp3) is 1.00. The summed E-state index contributed by atoms with van der Waals surface area (Å²) in [7, 11) is -2.83. The van der Waals surface area contributed by atoms with Gasteiger partial charge >= 0.3 is 0 Å². The Morgan fingerprint density at radius 2 is 1.85 bits per heavy atom. The Hall–Kier alpha value is -0.130. The lowest BCUT2D eigenvalue weighted by Crippen LogP contribution is -2.69. The smallest absolute Gasteiger partial charge is 0.152 e. The summed E-state index contributed by atoms with van der Waals surface area (Å²) in [6, 6.07) is 0.431. The van der Waals surface area contributed by atoms with E-state index in [0.29, 0.717) is 17.5 Å². The molecule has 2 atom stereocenters. The first-order valence-corrected chi connectivity index (χ1v) is 9.89. The van der Waals surface area contributed by atoms with Crippen LogP contribution in [0.1, 0.15) is 52.4 Å². The van der Waals surface area contributed by atoms with Crippen LogP contribution in [0.5, 0.6) is 0 Å². The number of nitrogens with one attached hydrogen (secondary N) is 1. The molecule has 0 aromatic heterocycles. The predicted octanol–water partition coefficient (Wildman–Crippen LogP) is 1.56. The lowest BCUT2D eigenvalue weighted by molar-refractivity contribution is -0.00277. The van der Waals surface area contributed by atoms with E-state index in [1.165, 1.54) is 32.1 Å². The maximum absolute atomic E-state index is 11.9. The van der Waals surface area contributed by atoms with Crippen molar-refractivity contribution in [3.8, 4) is 0 Å². The van der Waals surface area contributed by atoms with E-state index in [-0.39, 0.29) is 11.1 Å². The van der Waals surface area contributed by atoms with Crippen molar-refractivity contribution >= 4 is 9.84 Å². The van der Waals surface area contributed by atoms with Crippen LogP contribution in [0.4, 0.5) is 0 Å². The predicted molar refractivity (Wildman–Crippen MR) is 81.7 cm³/mol. The van der Waals surface area contributed by atoms with Gasteiger partial charge in [-0.25, -0.2) is 8.42 Å². The van der Waals surface area contributed by atoms with Gasteiger partial charge in [0.25, 0.3) is 0 Å². The molecular formula is C15H28N2O2S. The molecule has 0 amide bonds. The number of hydrogen-bond donors (Lipinski definition) is 1. The van der Waals surface area contributed by atoms with Crippen molar-refractivity contribution in [3.05, 3.63) is 0 Å². The van der Waals surface area contributed by atoms with Gasteiger partial charge in [-0.15, -0.1) is 0 Å². The Labute approximate surface area is 123 Å².